The molecular formula is C15H14N2O. The predicted octanol–water partition coefficient (Wildman–Crippen LogP) is 3.75. The average Bonchev–Trinajstić information content (AvgIpc) is 2.82. The molecule has 0 amide bonds. The highest BCUT2D eigenvalue weighted by Crippen LogP contribution is 2.21. The van der Waals surface area contributed by atoms with Gasteiger partial charge < -0.3 is 9.73 Å². The van der Waals surface area contributed by atoms with Gasteiger partial charge in [-0.2, -0.15) is 0 Å². The van der Waals surface area contributed by atoms with Gasteiger partial charge in [0.25, 0.3) is 0 Å². The van der Waals surface area contributed by atoms with Gasteiger partial charge in [0, 0.05) is 23.2 Å². The number of rotatable bonds is 3. The Labute approximate surface area is 105 Å². The Kier molecular flexibility index (Phi) is 2.73. The lowest BCUT2D eigenvalue weighted by Crippen LogP contribution is -1.99. The molecule has 3 heteroatoms. The van der Waals surface area contributed by atoms with Crippen molar-refractivity contribution in [2.75, 3.05) is 5.32 Å². The van der Waals surface area contributed by atoms with Crippen molar-refractivity contribution in [3.8, 4) is 0 Å². The van der Waals surface area contributed by atoms with Crippen LogP contribution < -0.4 is 5.32 Å². The van der Waals surface area contributed by atoms with Crippen molar-refractivity contribution in [3.63, 3.8) is 0 Å². The number of anilines is 1. The maximum absolute atomic E-state index is 5.50. The molecule has 0 spiro atoms. The normalized spacial score (nSPS) is 10.7. The summed E-state index contributed by atoms with van der Waals surface area (Å²) in [7, 11) is 0. The number of aromatic nitrogens is 1. The number of para-hydroxylation sites is 1. The Bertz CT molecular complexity index is 656. The van der Waals surface area contributed by atoms with Gasteiger partial charge in [-0.3, -0.25) is 4.98 Å². The number of aryl methyl sites for hydroxylation is 1. The molecule has 0 bridgehead atoms. The van der Waals surface area contributed by atoms with Crippen LogP contribution >= 0.6 is 0 Å². The number of furan rings is 1. The number of pyridine rings is 1. The second-order valence-electron chi connectivity index (χ2n) is 4.30. The first-order valence-electron chi connectivity index (χ1n) is 5.94. The van der Waals surface area contributed by atoms with E-state index in [1.807, 2.05) is 43.5 Å². The van der Waals surface area contributed by atoms with E-state index >= 15 is 0 Å². The summed E-state index contributed by atoms with van der Waals surface area (Å²) in [5, 5.41) is 4.50. The molecule has 3 rings (SSSR count). The first-order chi connectivity index (χ1) is 8.83. The van der Waals surface area contributed by atoms with Gasteiger partial charge >= 0.3 is 0 Å². The zero-order valence-corrected chi connectivity index (χ0v) is 10.2. The van der Waals surface area contributed by atoms with Crippen LogP contribution in [0.5, 0.6) is 0 Å². The molecule has 2 heterocycles. The van der Waals surface area contributed by atoms with E-state index in [2.05, 4.69) is 16.4 Å². The number of fused-ring (bicyclic) bond motifs is 1. The first kappa shape index (κ1) is 10.8. The van der Waals surface area contributed by atoms with Crippen molar-refractivity contribution in [1.82, 2.24) is 4.98 Å². The predicted molar refractivity (Wildman–Crippen MR) is 72.5 cm³/mol. The van der Waals surface area contributed by atoms with Crippen molar-refractivity contribution in [2.45, 2.75) is 13.5 Å². The van der Waals surface area contributed by atoms with E-state index in [0.29, 0.717) is 0 Å². The fraction of sp³-hybridized carbons (Fsp3) is 0.133. The van der Waals surface area contributed by atoms with Crippen LogP contribution in [0.3, 0.4) is 0 Å². The molecule has 0 unspecified atom stereocenters. The van der Waals surface area contributed by atoms with E-state index in [0.717, 1.165) is 34.5 Å². The van der Waals surface area contributed by atoms with Crippen molar-refractivity contribution < 1.29 is 4.42 Å². The van der Waals surface area contributed by atoms with Crippen molar-refractivity contribution >= 4 is 16.7 Å². The number of hydrogen-bond donors (Lipinski definition) is 1. The average molecular weight is 238 g/mol. The molecule has 0 saturated heterocycles. The molecule has 0 aliphatic carbocycles. The molecule has 0 saturated carbocycles. The molecule has 18 heavy (non-hydrogen) atoms. The van der Waals surface area contributed by atoms with E-state index in [-0.39, 0.29) is 0 Å². The molecular weight excluding hydrogens is 224 g/mol. The van der Waals surface area contributed by atoms with Gasteiger partial charge in [-0.25, -0.2) is 0 Å². The Morgan fingerprint density at radius 1 is 1.17 bits per heavy atom. The molecule has 0 fully saturated rings. The highest BCUT2D eigenvalue weighted by molar-refractivity contribution is 5.81. The lowest BCUT2D eigenvalue weighted by Gasteiger charge is -2.04. The van der Waals surface area contributed by atoms with Gasteiger partial charge in [-0.05, 0) is 25.1 Å². The van der Waals surface area contributed by atoms with Crippen LogP contribution in [-0.4, -0.2) is 4.98 Å². The summed E-state index contributed by atoms with van der Waals surface area (Å²) in [5.41, 5.74) is 4.13. The second-order valence-corrected chi connectivity index (χ2v) is 4.30. The standard InChI is InChI=1S/C15H14N2O/c1-11-6-7-13(9-16-11)17-8-12-10-18-15-5-3-2-4-14(12)15/h2-7,9-10,17H,8H2,1H3. The topological polar surface area (TPSA) is 38.1 Å². The van der Waals surface area contributed by atoms with Crippen molar-refractivity contribution in [1.29, 1.82) is 0 Å². The summed E-state index contributed by atoms with van der Waals surface area (Å²) < 4.78 is 5.50. The fourth-order valence-corrected chi connectivity index (χ4v) is 1.94. The molecule has 1 N–H and O–H groups in total. The summed E-state index contributed by atoms with van der Waals surface area (Å²) in [6.07, 6.45) is 3.65. The SMILES string of the molecule is Cc1ccc(NCc2coc3ccccc23)cn1. The van der Waals surface area contributed by atoms with E-state index in [4.69, 9.17) is 4.42 Å². The highest BCUT2D eigenvalue weighted by Gasteiger charge is 2.04. The molecule has 0 aliphatic heterocycles. The molecule has 3 nitrogen and oxygen atoms in total. The van der Waals surface area contributed by atoms with Gasteiger partial charge in [0.05, 0.1) is 18.1 Å². The van der Waals surface area contributed by atoms with Crippen LogP contribution in [0.1, 0.15) is 11.3 Å². The molecule has 90 valence electrons. The quantitative estimate of drug-likeness (QED) is 0.755. The zero-order chi connectivity index (χ0) is 12.4. The minimum absolute atomic E-state index is 0.738. The van der Waals surface area contributed by atoms with Gasteiger partial charge in [-0.15, -0.1) is 0 Å². The summed E-state index contributed by atoms with van der Waals surface area (Å²) in [5.74, 6) is 0. The largest absolute Gasteiger partial charge is 0.464 e. The molecule has 0 radical (unpaired) electrons. The van der Waals surface area contributed by atoms with Crippen LogP contribution in [0.2, 0.25) is 0 Å². The number of nitrogens with zero attached hydrogens (tertiary/aromatic N) is 1. The van der Waals surface area contributed by atoms with E-state index < -0.39 is 0 Å². The minimum atomic E-state index is 0.738. The summed E-state index contributed by atoms with van der Waals surface area (Å²) in [6, 6.07) is 12.1. The third kappa shape index (κ3) is 2.07. The molecule has 2 aromatic heterocycles. The van der Waals surface area contributed by atoms with Gasteiger partial charge in [0.1, 0.15) is 5.58 Å². The van der Waals surface area contributed by atoms with E-state index in [1.54, 1.807) is 6.26 Å². The summed E-state index contributed by atoms with van der Waals surface area (Å²) in [6.45, 7) is 2.72. The van der Waals surface area contributed by atoms with Gasteiger partial charge in [-0.1, -0.05) is 18.2 Å². The third-order valence-corrected chi connectivity index (χ3v) is 2.96. The van der Waals surface area contributed by atoms with Crippen LogP contribution in [0.15, 0.2) is 53.3 Å². The molecule has 0 atom stereocenters. The Balaban J connectivity index is 1.79. The Morgan fingerprint density at radius 3 is 2.89 bits per heavy atom. The monoisotopic (exact) mass is 238 g/mol. The Hall–Kier alpha value is -2.29. The number of nitrogens with one attached hydrogen (secondary N) is 1. The van der Waals surface area contributed by atoms with Crippen LogP contribution in [0.4, 0.5) is 5.69 Å². The molecule has 1 aromatic carbocycles. The Morgan fingerprint density at radius 2 is 2.06 bits per heavy atom. The van der Waals surface area contributed by atoms with E-state index in [1.165, 1.54) is 0 Å². The summed E-state index contributed by atoms with van der Waals surface area (Å²) in [4.78, 5) is 4.26. The maximum Gasteiger partial charge on any atom is 0.134 e. The van der Waals surface area contributed by atoms with Crippen LogP contribution in [0, 0.1) is 6.92 Å². The third-order valence-electron chi connectivity index (χ3n) is 2.96. The first-order valence-corrected chi connectivity index (χ1v) is 5.94. The van der Waals surface area contributed by atoms with Crippen LogP contribution in [-0.2, 0) is 6.54 Å². The van der Waals surface area contributed by atoms with Gasteiger partial charge in [0.2, 0.25) is 0 Å². The molecule has 3 aromatic rings. The summed E-state index contributed by atoms with van der Waals surface area (Å²) >= 11 is 0. The smallest absolute Gasteiger partial charge is 0.134 e. The van der Waals surface area contributed by atoms with E-state index in [9.17, 15) is 0 Å². The number of hydrogen-bond acceptors (Lipinski definition) is 3. The lowest BCUT2D eigenvalue weighted by atomic mass is 10.2. The zero-order valence-electron chi connectivity index (χ0n) is 10.2. The van der Waals surface area contributed by atoms with Gasteiger partial charge in [0.15, 0.2) is 0 Å². The fourth-order valence-electron chi connectivity index (χ4n) is 1.94. The second kappa shape index (κ2) is 4.53. The maximum atomic E-state index is 5.50. The lowest BCUT2D eigenvalue weighted by molar-refractivity contribution is 0.611. The highest BCUT2D eigenvalue weighted by atomic mass is 16.3. The number of benzene rings is 1. The molecule has 0 aliphatic rings. The minimum Gasteiger partial charge on any atom is -0.464 e. The van der Waals surface area contributed by atoms with Crippen LogP contribution in [0.25, 0.3) is 11.0 Å². The van der Waals surface area contributed by atoms with Crippen molar-refractivity contribution in [3.05, 3.63) is 60.1 Å². The van der Waals surface area contributed by atoms with Crippen molar-refractivity contribution in [2.24, 2.45) is 0 Å².